The summed E-state index contributed by atoms with van der Waals surface area (Å²) in [5.74, 6) is -1.67. The van der Waals surface area contributed by atoms with Gasteiger partial charge in [0.15, 0.2) is 0 Å². The van der Waals surface area contributed by atoms with Crippen LogP contribution in [0, 0.1) is 12.8 Å². The Morgan fingerprint density at radius 1 is 1.20 bits per heavy atom. The first-order valence-electron chi connectivity index (χ1n) is 8.66. The zero-order valence-electron chi connectivity index (χ0n) is 14.7. The zero-order valence-corrected chi connectivity index (χ0v) is 14.7. The summed E-state index contributed by atoms with van der Waals surface area (Å²) in [6, 6.07) is 7.90. The summed E-state index contributed by atoms with van der Waals surface area (Å²) in [6.45, 7) is 2.99. The van der Waals surface area contributed by atoms with Crippen molar-refractivity contribution in [1.82, 2.24) is 9.80 Å². The molecule has 2 heterocycles. The Kier molecular flexibility index (Phi) is 4.54. The van der Waals surface area contributed by atoms with Crippen LogP contribution in [0.15, 0.2) is 24.3 Å². The molecule has 0 aromatic heterocycles. The van der Waals surface area contributed by atoms with E-state index in [-0.39, 0.29) is 18.2 Å². The number of likely N-dealkylation sites (tertiary alicyclic amines) is 2. The van der Waals surface area contributed by atoms with E-state index in [0.29, 0.717) is 32.4 Å². The van der Waals surface area contributed by atoms with Crippen LogP contribution < -0.4 is 0 Å². The molecule has 2 fully saturated rings. The lowest BCUT2D eigenvalue weighted by molar-refractivity contribution is -0.146. The Bertz CT molecular complexity index is 690. The fraction of sp³-hybridized carbons (Fsp3) is 0.526. The highest BCUT2D eigenvalue weighted by molar-refractivity contribution is 5.88. The highest BCUT2D eigenvalue weighted by Gasteiger charge is 2.55. The number of aryl methyl sites for hydroxylation is 1. The average molecular weight is 344 g/mol. The largest absolute Gasteiger partial charge is 0.481 e. The van der Waals surface area contributed by atoms with E-state index in [2.05, 4.69) is 0 Å². The van der Waals surface area contributed by atoms with Gasteiger partial charge in [0.2, 0.25) is 11.8 Å². The number of rotatable bonds is 3. The van der Waals surface area contributed by atoms with Crippen molar-refractivity contribution in [1.29, 1.82) is 0 Å². The number of hydrogen-bond donors (Lipinski definition) is 1. The molecule has 1 aromatic carbocycles. The molecule has 25 heavy (non-hydrogen) atoms. The SMILES string of the molecule is Cc1ccc(CC(=O)N2CCC3(CC2)[C@H](C(=O)O)CC(=O)N3C)cc1. The van der Waals surface area contributed by atoms with Crippen LogP contribution in [0.1, 0.15) is 30.4 Å². The molecule has 0 unspecified atom stereocenters. The summed E-state index contributed by atoms with van der Waals surface area (Å²) in [6.07, 6.45) is 1.45. The first-order valence-corrected chi connectivity index (χ1v) is 8.66. The van der Waals surface area contributed by atoms with Crippen LogP contribution in [0.25, 0.3) is 0 Å². The third kappa shape index (κ3) is 3.13. The Morgan fingerprint density at radius 3 is 2.36 bits per heavy atom. The lowest BCUT2D eigenvalue weighted by Crippen LogP contribution is -2.57. The summed E-state index contributed by atoms with van der Waals surface area (Å²) < 4.78 is 0. The van der Waals surface area contributed by atoms with E-state index in [0.717, 1.165) is 11.1 Å². The second-order valence-corrected chi connectivity index (χ2v) is 7.19. The fourth-order valence-corrected chi connectivity index (χ4v) is 4.12. The Morgan fingerprint density at radius 2 is 1.80 bits per heavy atom. The Labute approximate surface area is 147 Å². The average Bonchev–Trinajstić information content (AvgIpc) is 2.83. The number of aliphatic carboxylic acids is 1. The van der Waals surface area contributed by atoms with Crippen molar-refractivity contribution in [3.8, 4) is 0 Å². The van der Waals surface area contributed by atoms with Crippen molar-refractivity contribution >= 4 is 17.8 Å². The van der Waals surface area contributed by atoms with Crippen molar-refractivity contribution in [2.45, 2.75) is 38.1 Å². The van der Waals surface area contributed by atoms with Gasteiger partial charge in [0.05, 0.1) is 17.9 Å². The Balaban J connectivity index is 1.66. The number of carbonyl (C=O) groups is 3. The van der Waals surface area contributed by atoms with Gasteiger partial charge in [-0.1, -0.05) is 29.8 Å². The van der Waals surface area contributed by atoms with Gasteiger partial charge in [-0.05, 0) is 25.3 Å². The molecule has 1 atom stereocenters. The molecule has 6 heteroatoms. The minimum absolute atomic E-state index is 0.0533. The molecule has 2 saturated heterocycles. The van der Waals surface area contributed by atoms with E-state index in [1.54, 1.807) is 16.8 Å². The van der Waals surface area contributed by atoms with Crippen LogP contribution in [0.5, 0.6) is 0 Å². The molecule has 0 radical (unpaired) electrons. The molecule has 2 amide bonds. The lowest BCUT2D eigenvalue weighted by atomic mass is 9.77. The molecule has 2 aliphatic heterocycles. The second-order valence-electron chi connectivity index (χ2n) is 7.19. The van der Waals surface area contributed by atoms with E-state index in [1.807, 2.05) is 31.2 Å². The number of amides is 2. The van der Waals surface area contributed by atoms with Gasteiger partial charge in [0.1, 0.15) is 0 Å². The standard InChI is InChI=1S/C19H24N2O4/c1-13-3-5-14(6-4-13)11-17(23)21-9-7-19(8-10-21)15(18(24)25)12-16(22)20(19)2/h3-6,15H,7-12H2,1-2H3,(H,24,25)/t15-/m0/s1. The van der Waals surface area contributed by atoms with Crippen molar-refractivity contribution in [3.63, 3.8) is 0 Å². The maximum Gasteiger partial charge on any atom is 0.309 e. The quantitative estimate of drug-likeness (QED) is 0.900. The maximum absolute atomic E-state index is 12.5. The number of hydrogen-bond acceptors (Lipinski definition) is 3. The van der Waals surface area contributed by atoms with E-state index in [1.165, 1.54) is 0 Å². The van der Waals surface area contributed by atoms with Crippen LogP contribution in [0.3, 0.4) is 0 Å². The third-order valence-electron chi connectivity index (χ3n) is 5.83. The van der Waals surface area contributed by atoms with Crippen molar-refractivity contribution in [2.75, 3.05) is 20.1 Å². The van der Waals surface area contributed by atoms with Crippen LogP contribution in [0.4, 0.5) is 0 Å². The van der Waals surface area contributed by atoms with Crippen molar-refractivity contribution in [2.24, 2.45) is 5.92 Å². The predicted octanol–water partition coefficient (Wildman–Crippen LogP) is 1.46. The van der Waals surface area contributed by atoms with Crippen LogP contribution in [-0.2, 0) is 20.8 Å². The normalized spacial score (nSPS) is 22.5. The summed E-state index contributed by atoms with van der Waals surface area (Å²) >= 11 is 0. The van der Waals surface area contributed by atoms with Gasteiger partial charge in [-0.25, -0.2) is 0 Å². The van der Waals surface area contributed by atoms with Gasteiger partial charge in [-0.3, -0.25) is 14.4 Å². The first kappa shape index (κ1) is 17.5. The minimum atomic E-state index is -0.919. The fourth-order valence-electron chi connectivity index (χ4n) is 4.12. The number of benzene rings is 1. The van der Waals surface area contributed by atoms with Gasteiger partial charge in [0.25, 0.3) is 0 Å². The lowest BCUT2D eigenvalue weighted by Gasteiger charge is -2.45. The summed E-state index contributed by atoms with van der Waals surface area (Å²) in [7, 11) is 1.69. The molecule has 1 aromatic rings. The van der Waals surface area contributed by atoms with Gasteiger partial charge in [-0.2, -0.15) is 0 Å². The molecule has 0 bridgehead atoms. The highest BCUT2D eigenvalue weighted by atomic mass is 16.4. The smallest absolute Gasteiger partial charge is 0.309 e. The third-order valence-corrected chi connectivity index (χ3v) is 5.83. The molecule has 3 rings (SSSR count). The summed E-state index contributed by atoms with van der Waals surface area (Å²) in [5.41, 5.74) is 1.49. The number of carbonyl (C=O) groups excluding carboxylic acids is 2. The van der Waals surface area contributed by atoms with E-state index < -0.39 is 17.4 Å². The van der Waals surface area contributed by atoms with Crippen LogP contribution in [-0.4, -0.2) is 58.4 Å². The minimum Gasteiger partial charge on any atom is -0.481 e. The molecular weight excluding hydrogens is 320 g/mol. The topological polar surface area (TPSA) is 77.9 Å². The molecule has 2 aliphatic rings. The maximum atomic E-state index is 12.5. The molecule has 6 nitrogen and oxygen atoms in total. The van der Waals surface area contributed by atoms with Gasteiger partial charge in [0, 0.05) is 26.6 Å². The Hall–Kier alpha value is -2.37. The highest BCUT2D eigenvalue weighted by Crippen LogP contribution is 2.42. The van der Waals surface area contributed by atoms with Crippen LogP contribution in [0.2, 0.25) is 0 Å². The number of nitrogens with zero attached hydrogens (tertiary/aromatic N) is 2. The van der Waals surface area contributed by atoms with Gasteiger partial charge in [-0.15, -0.1) is 0 Å². The molecule has 1 N–H and O–H groups in total. The van der Waals surface area contributed by atoms with E-state index in [9.17, 15) is 19.5 Å². The number of carboxylic acids is 1. The second kappa shape index (κ2) is 6.50. The number of carboxylic acid groups (broad SMARTS) is 1. The molecule has 1 spiro atoms. The monoisotopic (exact) mass is 344 g/mol. The van der Waals surface area contributed by atoms with Gasteiger partial charge >= 0.3 is 5.97 Å². The molecule has 0 aliphatic carbocycles. The molecule has 0 saturated carbocycles. The summed E-state index contributed by atoms with van der Waals surface area (Å²) in [4.78, 5) is 39.6. The van der Waals surface area contributed by atoms with Crippen molar-refractivity contribution < 1.29 is 19.5 Å². The van der Waals surface area contributed by atoms with E-state index in [4.69, 9.17) is 0 Å². The molecule has 134 valence electrons. The summed E-state index contributed by atoms with van der Waals surface area (Å²) in [5, 5.41) is 9.50. The zero-order chi connectivity index (χ0) is 18.2. The van der Waals surface area contributed by atoms with Crippen LogP contribution >= 0.6 is 0 Å². The van der Waals surface area contributed by atoms with Gasteiger partial charge < -0.3 is 14.9 Å². The van der Waals surface area contributed by atoms with Crippen molar-refractivity contribution in [3.05, 3.63) is 35.4 Å². The number of piperidine rings is 1. The molecular formula is C19H24N2O4. The van der Waals surface area contributed by atoms with E-state index >= 15 is 0 Å². The predicted molar refractivity (Wildman–Crippen MR) is 91.9 cm³/mol. The first-order chi connectivity index (χ1) is 11.8.